The summed E-state index contributed by atoms with van der Waals surface area (Å²) < 4.78 is 28.8. The van der Waals surface area contributed by atoms with Crippen LogP contribution in [0.3, 0.4) is 0 Å². The molecule has 10 heteroatoms. The van der Waals surface area contributed by atoms with Gasteiger partial charge in [0.15, 0.2) is 0 Å². The molecule has 0 aliphatic rings. The fourth-order valence-corrected chi connectivity index (χ4v) is 2.78. The third kappa shape index (κ3) is 5.26. The second-order valence-corrected chi connectivity index (χ2v) is 6.81. The number of aliphatic carboxylic acids is 2. The average molecular weight is 397 g/mol. The zero-order chi connectivity index (χ0) is 21.0. The Morgan fingerprint density at radius 3 is 2.11 bits per heavy atom. The molecule has 2 rings (SSSR count). The van der Waals surface area contributed by atoms with Gasteiger partial charge in [0.1, 0.15) is 23.7 Å². The summed E-state index contributed by atoms with van der Waals surface area (Å²) in [5, 5.41) is 21.2. The van der Waals surface area contributed by atoms with Gasteiger partial charge in [-0.2, -0.15) is 0 Å². The highest BCUT2D eigenvalue weighted by atomic mass is 19.1. The maximum Gasteiger partial charge on any atom is 0.332 e. The predicted molar refractivity (Wildman–Crippen MR) is 95.4 cm³/mol. The van der Waals surface area contributed by atoms with E-state index in [0.717, 1.165) is 21.3 Å². The first-order valence-corrected chi connectivity index (χ1v) is 8.54. The zero-order valence-electron chi connectivity index (χ0n) is 15.3. The molecule has 3 N–H and O–H groups in total. The van der Waals surface area contributed by atoms with Crippen LogP contribution in [0.4, 0.5) is 8.78 Å². The summed E-state index contributed by atoms with van der Waals surface area (Å²) in [6, 6.07) is 0.140. The van der Waals surface area contributed by atoms with E-state index in [9.17, 15) is 33.4 Å². The largest absolute Gasteiger partial charge is 0.480 e. The number of imidazole rings is 1. The van der Waals surface area contributed by atoms with Crippen molar-refractivity contribution in [3.63, 3.8) is 0 Å². The molecular weight excluding hydrogens is 376 g/mol. The average Bonchev–Trinajstić information content (AvgIpc) is 2.92. The second-order valence-electron chi connectivity index (χ2n) is 6.81. The van der Waals surface area contributed by atoms with Gasteiger partial charge in [-0.3, -0.25) is 24.0 Å². The van der Waals surface area contributed by atoms with Crippen molar-refractivity contribution in [2.24, 2.45) is 5.92 Å². The van der Waals surface area contributed by atoms with Crippen molar-refractivity contribution in [1.82, 2.24) is 14.5 Å². The minimum absolute atomic E-state index is 0.00900. The van der Waals surface area contributed by atoms with Crippen molar-refractivity contribution < 1.29 is 28.6 Å². The number of halogens is 2. The van der Waals surface area contributed by atoms with E-state index in [1.54, 1.807) is 13.8 Å². The van der Waals surface area contributed by atoms with Crippen LogP contribution in [0.25, 0.3) is 5.69 Å². The van der Waals surface area contributed by atoms with Crippen molar-refractivity contribution in [2.75, 3.05) is 0 Å². The van der Waals surface area contributed by atoms with Crippen LogP contribution >= 0.6 is 0 Å². The Labute approximate surface area is 159 Å². The van der Waals surface area contributed by atoms with Crippen LogP contribution < -0.4 is 11.0 Å². The van der Waals surface area contributed by atoms with E-state index in [0.29, 0.717) is 6.07 Å². The fourth-order valence-electron chi connectivity index (χ4n) is 2.78. The van der Waals surface area contributed by atoms with Crippen LogP contribution in [0, 0.1) is 17.6 Å². The summed E-state index contributed by atoms with van der Waals surface area (Å²) in [5.74, 6) is -4.24. The van der Waals surface area contributed by atoms with Gasteiger partial charge in [-0.05, 0) is 24.5 Å². The number of benzene rings is 1. The summed E-state index contributed by atoms with van der Waals surface area (Å²) in [4.78, 5) is 35.4. The first-order chi connectivity index (χ1) is 13.1. The number of carbonyl (C=O) groups is 2. The Hall–Kier alpha value is -3.01. The van der Waals surface area contributed by atoms with Gasteiger partial charge in [-0.15, -0.1) is 0 Å². The molecule has 1 unspecified atom stereocenters. The molecule has 0 saturated heterocycles. The number of hydrogen-bond acceptors (Lipinski definition) is 4. The van der Waals surface area contributed by atoms with Crippen molar-refractivity contribution in [3.05, 3.63) is 52.7 Å². The Kier molecular flexibility index (Phi) is 6.68. The molecule has 8 nitrogen and oxygen atoms in total. The van der Waals surface area contributed by atoms with E-state index < -0.39 is 41.3 Å². The van der Waals surface area contributed by atoms with E-state index in [4.69, 9.17) is 0 Å². The first-order valence-electron chi connectivity index (χ1n) is 8.54. The van der Waals surface area contributed by atoms with Gasteiger partial charge in [-0.25, -0.2) is 13.6 Å². The lowest BCUT2D eigenvalue weighted by Gasteiger charge is -2.21. The molecule has 2 atom stereocenters. The molecule has 0 aliphatic heterocycles. The van der Waals surface area contributed by atoms with Gasteiger partial charge in [0, 0.05) is 18.5 Å². The molecule has 2 aromatic rings. The van der Waals surface area contributed by atoms with Crippen molar-refractivity contribution in [1.29, 1.82) is 0 Å². The lowest BCUT2D eigenvalue weighted by molar-refractivity contribution is -0.143. The molecule has 0 fully saturated rings. The topological polar surface area (TPSA) is 114 Å². The Morgan fingerprint density at radius 1 is 1.04 bits per heavy atom. The summed E-state index contributed by atoms with van der Waals surface area (Å²) in [5.41, 5.74) is -0.766. The smallest absolute Gasteiger partial charge is 0.332 e. The number of carboxylic acid groups (broad SMARTS) is 2. The quantitative estimate of drug-likeness (QED) is 0.590. The molecule has 0 aliphatic carbocycles. The molecule has 1 aromatic carbocycles. The first kappa shape index (κ1) is 21.3. The Morgan fingerprint density at radius 2 is 1.61 bits per heavy atom. The third-order valence-corrected chi connectivity index (χ3v) is 4.06. The van der Waals surface area contributed by atoms with Gasteiger partial charge in [0.2, 0.25) is 0 Å². The van der Waals surface area contributed by atoms with E-state index in [2.05, 4.69) is 5.32 Å². The summed E-state index contributed by atoms with van der Waals surface area (Å²) in [6.45, 7) is 3.24. The second kappa shape index (κ2) is 8.79. The van der Waals surface area contributed by atoms with Crippen LogP contribution in [0.2, 0.25) is 0 Å². The molecule has 1 heterocycles. The van der Waals surface area contributed by atoms with E-state index >= 15 is 0 Å². The van der Waals surface area contributed by atoms with Crippen LogP contribution in [-0.4, -0.2) is 43.4 Å². The minimum Gasteiger partial charge on any atom is -0.480 e. The molecule has 28 heavy (non-hydrogen) atoms. The predicted octanol–water partition coefficient (Wildman–Crippen LogP) is 1.46. The van der Waals surface area contributed by atoms with Gasteiger partial charge in [0.25, 0.3) is 0 Å². The van der Waals surface area contributed by atoms with Crippen LogP contribution in [0.5, 0.6) is 0 Å². The molecule has 0 saturated carbocycles. The maximum absolute atomic E-state index is 13.4. The number of nitrogens with zero attached hydrogens (tertiary/aromatic N) is 2. The van der Waals surface area contributed by atoms with E-state index in [-0.39, 0.29) is 24.6 Å². The zero-order valence-corrected chi connectivity index (χ0v) is 15.3. The van der Waals surface area contributed by atoms with Gasteiger partial charge >= 0.3 is 17.6 Å². The minimum atomic E-state index is -1.35. The lowest BCUT2D eigenvalue weighted by atomic mass is 10.0. The molecule has 0 bridgehead atoms. The maximum atomic E-state index is 13.4. The van der Waals surface area contributed by atoms with Crippen LogP contribution in [0.1, 0.15) is 20.3 Å². The molecule has 0 spiro atoms. The molecular formula is C18H21F2N3O5. The molecule has 0 radical (unpaired) electrons. The van der Waals surface area contributed by atoms with Crippen molar-refractivity contribution in [3.8, 4) is 5.69 Å². The number of aromatic nitrogens is 2. The lowest BCUT2D eigenvalue weighted by Crippen LogP contribution is -2.50. The SMILES string of the molecule is CC(C)C[C@H](NC(Cn1ccn(-c2cc(F)cc(F)c2)c1=O)C(=O)O)C(=O)O. The molecule has 0 amide bonds. The van der Waals surface area contributed by atoms with Crippen LogP contribution in [-0.2, 0) is 16.1 Å². The molecule has 152 valence electrons. The van der Waals surface area contributed by atoms with Gasteiger partial charge in [0.05, 0.1) is 12.2 Å². The normalized spacial score (nSPS) is 13.5. The van der Waals surface area contributed by atoms with Gasteiger partial charge < -0.3 is 10.2 Å². The summed E-state index contributed by atoms with van der Waals surface area (Å²) in [6.07, 6.45) is 2.72. The Balaban J connectivity index is 2.27. The summed E-state index contributed by atoms with van der Waals surface area (Å²) in [7, 11) is 0. The van der Waals surface area contributed by atoms with Gasteiger partial charge in [-0.1, -0.05) is 13.8 Å². The highest BCUT2D eigenvalue weighted by Gasteiger charge is 2.27. The number of nitrogens with one attached hydrogen (secondary N) is 1. The van der Waals surface area contributed by atoms with Crippen molar-refractivity contribution in [2.45, 2.75) is 38.9 Å². The standard InChI is InChI=1S/C18H21F2N3O5/c1-10(2)5-14(16(24)25)21-15(17(26)27)9-22-3-4-23(18(22)28)13-7-11(19)6-12(20)8-13/h3-4,6-8,10,14-15,21H,5,9H2,1-2H3,(H,24,25)(H,26,27)/t14-,15?/m0/s1. The summed E-state index contributed by atoms with van der Waals surface area (Å²) >= 11 is 0. The number of carboxylic acids is 2. The molecule has 1 aromatic heterocycles. The third-order valence-electron chi connectivity index (χ3n) is 4.06. The van der Waals surface area contributed by atoms with Crippen LogP contribution in [0.15, 0.2) is 35.4 Å². The highest BCUT2D eigenvalue weighted by Crippen LogP contribution is 2.11. The Bertz CT molecular complexity index is 902. The number of hydrogen-bond donors (Lipinski definition) is 3. The van der Waals surface area contributed by atoms with Crippen molar-refractivity contribution >= 4 is 11.9 Å². The van der Waals surface area contributed by atoms with E-state index in [1.807, 2.05) is 0 Å². The fraction of sp³-hybridized carbons (Fsp3) is 0.389. The van der Waals surface area contributed by atoms with E-state index in [1.165, 1.54) is 12.4 Å². The number of rotatable bonds is 9. The monoisotopic (exact) mass is 397 g/mol. The highest BCUT2D eigenvalue weighted by molar-refractivity contribution is 5.77.